The van der Waals surface area contributed by atoms with Gasteiger partial charge in [0.25, 0.3) is 0 Å². The summed E-state index contributed by atoms with van der Waals surface area (Å²) < 4.78 is 5.20. The predicted octanol–water partition coefficient (Wildman–Crippen LogP) is 4.93. The molecule has 1 unspecified atom stereocenters. The highest BCUT2D eigenvalue weighted by atomic mass is 35.5. The van der Waals surface area contributed by atoms with Gasteiger partial charge >= 0.3 is 5.97 Å². The number of hydrazine groups is 1. The Morgan fingerprint density at radius 1 is 1.00 bits per heavy atom. The monoisotopic (exact) mass is 449 g/mol. The highest BCUT2D eigenvalue weighted by Gasteiger charge is 2.71. The topological polar surface area (TPSA) is 56.6 Å². The molecule has 0 saturated carbocycles. The van der Waals surface area contributed by atoms with Crippen LogP contribution < -0.4 is 5.01 Å². The van der Waals surface area contributed by atoms with Gasteiger partial charge in [0.1, 0.15) is 5.54 Å². The molecule has 31 heavy (non-hydrogen) atoms. The molecule has 0 N–H and O–H groups in total. The maximum absolute atomic E-state index is 13.3. The van der Waals surface area contributed by atoms with Crippen LogP contribution in [0.25, 0.3) is 11.1 Å². The van der Waals surface area contributed by atoms with Crippen LogP contribution in [0.2, 0.25) is 5.02 Å². The van der Waals surface area contributed by atoms with Crippen molar-refractivity contribution in [3.05, 3.63) is 88.9 Å². The molecule has 2 aliphatic rings. The van der Waals surface area contributed by atoms with Gasteiger partial charge in [-0.3, -0.25) is 5.01 Å². The summed E-state index contributed by atoms with van der Waals surface area (Å²) in [5.74, 6) is -0.600. The molecule has 1 atom stereocenters. The number of anilines is 1. The van der Waals surface area contributed by atoms with Gasteiger partial charge in [0, 0.05) is 5.02 Å². The summed E-state index contributed by atoms with van der Waals surface area (Å²) in [5, 5.41) is 13.9. The molecule has 5 nitrogen and oxygen atoms in total. The Balaban J connectivity index is 1.93. The van der Waals surface area contributed by atoms with Crippen LogP contribution in [-0.4, -0.2) is 29.5 Å². The van der Waals surface area contributed by atoms with Gasteiger partial charge in [-0.15, -0.1) is 11.6 Å². The van der Waals surface area contributed by atoms with E-state index in [9.17, 15) is 10.1 Å². The molecule has 1 heterocycles. The van der Waals surface area contributed by atoms with Crippen molar-refractivity contribution in [3.63, 3.8) is 0 Å². The van der Waals surface area contributed by atoms with E-state index >= 15 is 0 Å². The molecule has 5 rings (SSSR count). The first kappa shape index (κ1) is 19.7. The zero-order valence-corrected chi connectivity index (χ0v) is 18.1. The Hall–Kier alpha value is -3.20. The molecule has 1 aliphatic heterocycles. The fraction of sp³-hybridized carbons (Fsp3) is 0.167. The lowest BCUT2D eigenvalue weighted by molar-refractivity contribution is -0.144. The fourth-order valence-corrected chi connectivity index (χ4v) is 5.58. The normalized spacial score (nSPS) is 20.3. The Morgan fingerprint density at radius 2 is 1.55 bits per heavy atom. The number of hydrogen-bond donors (Lipinski definition) is 0. The first-order valence-corrected chi connectivity index (χ1v) is 10.4. The van der Waals surface area contributed by atoms with E-state index in [1.807, 2.05) is 60.7 Å². The minimum atomic E-state index is -1.58. The van der Waals surface area contributed by atoms with Gasteiger partial charge in [-0.05, 0) is 46.5 Å². The van der Waals surface area contributed by atoms with Crippen molar-refractivity contribution in [1.29, 1.82) is 5.26 Å². The van der Waals surface area contributed by atoms with Crippen LogP contribution in [-0.2, 0) is 15.1 Å². The third-order valence-corrected chi connectivity index (χ3v) is 6.92. The van der Waals surface area contributed by atoms with Crippen LogP contribution in [0.3, 0.4) is 0 Å². The second-order valence-electron chi connectivity index (χ2n) is 7.54. The molecule has 3 aromatic rings. The van der Waals surface area contributed by atoms with Crippen LogP contribution in [0.1, 0.15) is 11.1 Å². The van der Waals surface area contributed by atoms with E-state index in [-0.39, 0.29) is 6.54 Å². The number of methoxy groups -OCH3 is 1. The van der Waals surface area contributed by atoms with Crippen LogP contribution >= 0.6 is 23.2 Å². The molecule has 0 aromatic heterocycles. The average molecular weight is 450 g/mol. The van der Waals surface area contributed by atoms with Crippen LogP contribution in [0.15, 0.2) is 72.8 Å². The van der Waals surface area contributed by atoms with E-state index in [1.165, 1.54) is 12.1 Å². The highest BCUT2D eigenvalue weighted by Crippen LogP contribution is 2.62. The largest absolute Gasteiger partial charge is 0.468 e. The van der Waals surface area contributed by atoms with Gasteiger partial charge in [0.2, 0.25) is 0 Å². The molecule has 0 amide bonds. The number of nitrogens with zero attached hydrogens (tertiary/aromatic N) is 3. The third kappa shape index (κ3) is 2.40. The molecule has 1 fully saturated rings. The van der Waals surface area contributed by atoms with Crippen molar-refractivity contribution >= 4 is 34.9 Å². The number of carbonyl (C=O) groups excluding carboxylic acids is 1. The number of fused-ring (bicyclic) bond motifs is 5. The van der Waals surface area contributed by atoms with Crippen molar-refractivity contribution in [2.75, 3.05) is 18.7 Å². The SMILES string of the molecule is COC(=O)C1(Cl)CN(C#N)N(c2ccc(Cl)cc2)C12c1ccccc1-c1ccccc12. The van der Waals surface area contributed by atoms with Crippen molar-refractivity contribution in [2.24, 2.45) is 0 Å². The van der Waals surface area contributed by atoms with Crippen molar-refractivity contribution in [2.45, 2.75) is 10.4 Å². The van der Waals surface area contributed by atoms with E-state index in [0.717, 1.165) is 22.3 Å². The standard InChI is InChI=1S/C24H17Cl2N3O2/c1-31-22(30)23(26)14-28(15-27)29(17-12-10-16(25)11-13-17)24(23)20-8-4-2-6-18(20)19-7-3-5-9-21(19)24/h2-13H,14H2,1H3. The number of nitriles is 1. The Morgan fingerprint density at radius 3 is 2.06 bits per heavy atom. The molecule has 1 aliphatic carbocycles. The zero-order chi connectivity index (χ0) is 21.8. The van der Waals surface area contributed by atoms with Gasteiger partial charge < -0.3 is 4.74 Å². The first-order chi connectivity index (χ1) is 15.0. The molecule has 7 heteroatoms. The molecule has 154 valence electrons. The average Bonchev–Trinajstić information content (AvgIpc) is 3.26. The zero-order valence-electron chi connectivity index (χ0n) is 16.5. The summed E-state index contributed by atoms with van der Waals surface area (Å²) >= 11 is 13.4. The summed E-state index contributed by atoms with van der Waals surface area (Å²) in [6, 6.07) is 22.8. The van der Waals surface area contributed by atoms with Gasteiger partial charge in [-0.1, -0.05) is 60.1 Å². The fourth-order valence-electron chi connectivity index (χ4n) is 4.98. The molecule has 1 saturated heterocycles. The Kier molecular flexibility index (Phi) is 4.40. The number of carbonyl (C=O) groups is 1. The summed E-state index contributed by atoms with van der Waals surface area (Å²) in [4.78, 5) is 11.7. The third-order valence-electron chi connectivity index (χ3n) is 6.12. The van der Waals surface area contributed by atoms with Gasteiger partial charge in [0.05, 0.1) is 19.3 Å². The summed E-state index contributed by atoms with van der Waals surface area (Å²) in [5.41, 5.74) is 3.09. The second-order valence-corrected chi connectivity index (χ2v) is 8.62. The Labute approximate surface area is 189 Å². The molecule has 0 bridgehead atoms. The summed E-state index contributed by atoms with van der Waals surface area (Å²) in [7, 11) is 1.31. The highest BCUT2D eigenvalue weighted by molar-refractivity contribution is 6.37. The number of esters is 1. The minimum Gasteiger partial charge on any atom is -0.468 e. The number of halogens is 2. The molecule has 0 radical (unpaired) electrons. The first-order valence-electron chi connectivity index (χ1n) is 9.68. The number of ether oxygens (including phenoxy) is 1. The van der Waals surface area contributed by atoms with Crippen molar-refractivity contribution < 1.29 is 9.53 Å². The van der Waals surface area contributed by atoms with Crippen molar-refractivity contribution in [1.82, 2.24) is 5.01 Å². The second kappa shape index (κ2) is 6.91. The van der Waals surface area contributed by atoms with E-state index in [2.05, 4.69) is 6.19 Å². The van der Waals surface area contributed by atoms with Gasteiger partial charge in [0.15, 0.2) is 11.1 Å². The van der Waals surface area contributed by atoms with Gasteiger partial charge in [-0.25, -0.2) is 9.80 Å². The Bertz CT molecular complexity index is 1190. The number of alkyl halides is 1. The maximum Gasteiger partial charge on any atom is 0.332 e. The lowest BCUT2D eigenvalue weighted by Crippen LogP contribution is -2.58. The molecule has 1 spiro atoms. The number of rotatable bonds is 2. The van der Waals surface area contributed by atoms with Gasteiger partial charge in [-0.2, -0.15) is 5.26 Å². The van der Waals surface area contributed by atoms with E-state index in [0.29, 0.717) is 10.7 Å². The molecule has 3 aromatic carbocycles. The summed E-state index contributed by atoms with van der Waals surface area (Å²) in [6.45, 7) is -0.0526. The lowest BCUT2D eigenvalue weighted by Gasteiger charge is -2.44. The van der Waals surface area contributed by atoms with Crippen molar-refractivity contribution in [3.8, 4) is 17.3 Å². The summed E-state index contributed by atoms with van der Waals surface area (Å²) in [6.07, 6.45) is 2.21. The number of hydrogen-bond acceptors (Lipinski definition) is 5. The van der Waals surface area contributed by atoms with E-state index in [1.54, 1.807) is 17.1 Å². The van der Waals surface area contributed by atoms with E-state index in [4.69, 9.17) is 27.9 Å². The van der Waals surface area contributed by atoms with Crippen LogP contribution in [0.4, 0.5) is 5.69 Å². The lowest BCUT2D eigenvalue weighted by atomic mass is 9.75. The molecular weight excluding hydrogens is 433 g/mol. The quantitative estimate of drug-likeness (QED) is 0.315. The van der Waals surface area contributed by atoms with Crippen LogP contribution in [0.5, 0.6) is 0 Å². The maximum atomic E-state index is 13.3. The van der Waals surface area contributed by atoms with E-state index < -0.39 is 16.4 Å². The smallest absolute Gasteiger partial charge is 0.332 e. The predicted molar refractivity (Wildman–Crippen MR) is 120 cm³/mol. The van der Waals surface area contributed by atoms with Crippen LogP contribution in [0, 0.1) is 11.5 Å². The number of benzene rings is 3. The minimum absolute atomic E-state index is 0.0526. The molecular formula is C24H17Cl2N3O2.